The van der Waals surface area contributed by atoms with E-state index in [0.717, 1.165) is 10.0 Å². The maximum absolute atomic E-state index is 5.27. The fraction of sp³-hybridized carbons (Fsp3) is 0.125. The molecule has 0 unspecified atom stereocenters. The lowest BCUT2D eigenvalue weighted by molar-refractivity contribution is 1.02. The van der Waals surface area contributed by atoms with Gasteiger partial charge < -0.3 is 5.43 Å². The Morgan fingerprint density at radius 2 is 2.33 bits per heavy atom. The van der Waals surface area contributed by atoms with E-state index in [2.05, 4.69) is 26.3 Å². The summed E-state index contributed by atoms with van der Waals surface area (Å²) in [6.07, 6.45) is 0. The monoisotopic (exact) mass is 227 g/mol. The van der Waals surface area contributed by atoms with Gasteiger partial charge in [-0.25, -0.2) is 5.84 Å². The Labute approximate surface area is 79.8 Å². The molecule has 0 fully saturated rings. The average molecular weight is 228 g/mol. The minimum absolute atomic E-state index is 0.677. The molecule has 3 nitrogen and oxygen atoms in total. The third-order valence-corrected chi connectivity index (χ3v) is 1.95. The molecule has 3 N–H and O–H groups in total. The summed E-state index contributed by atoms with van der Waals surface area (Å²) in [6.45, 7) is 0. The van der Waals surface area contributed by atoms with Crippen molar-refractivity contribution < 1.29 is 0 Å². The van der Waals surface area contributed by atoms with E-state index >= 15 is 0 Å². The van der Waals surface area contributed by atoms with Gasteiger partial charge in [0.25, 0.3) is 0 Å². The van der Waals surface area contributed by atoms with E-state index in [9.17, 15) is 0 Å². The molecule has 0 radical (unpaired) electrons. The molecule has 0 aliphatic heterocycles. The molecule has 0 saturated carbocycles. The molecule has 1 aromatic rings. The second-order valence-corrected chi connectivity index (χ2v) is 3.14. The number of nitrogens with two attached hydrogens (primary N) is 1. The Bertz CT molecular complexity index is 296. The van der Waals surface area contributed by atoms with Crippen molar-refractivity contribution in [2.24, 2.45) is 10.8 Å². The number of amidine groups is 1. The van der Waals surface area contributed by atoms with Crippen LogP contribution in [0.3, 0.4) is 0 Å². The maximum atomic E-state index is 5.27. The minimum atomic E-state index is 0.677. The largest absolute Gasteiger partial charge is 0.308 e. The fourth-order valence-electron chi connectivity index (χ4n) is 0.913. The van der Waals surface area contributed by atoms with Crippen LogP contribution in [0.1, 0.15) is 5.56 Å². The predicted molar refractivity (Wildman–Crippen MR) is 53.9 cm³/mol. The molecule has 0 amide bonds. The summed E-state index contributed by atoms with van der Waals surface area (Å²) in [4.78, 5) is 3.98. The number of rotatable bonds is 1. The lowest BCUT2D eigenvalue weighted by atomic mass is 10.2. The van der Waals surface area contributed by atoms with E-state index in [-0.39, 0.29) is 0 Å². The molecule has 1 aromatic carbocycles. The molecule has 12 heavy (non-hydrogen) atoms. The summed E-state index contributed by atoms with van der Waals surface area (Å²) in [6, 6.07) is 7.77. The molecule has 0 bridgehead atoms. The van der Waals surface area contributed by atoms with E-state index in [0.29, 0.717) is 5.84 Å². The van der Waals surface area contributed by atoms with E-state index in [1.807, 2.05) is 24.3 Å². The third kappa shape index (κ3) is 2.06. The highest BCUT2D eigenvalue weighted by Crippen LogP contribution is 2.11. The highest BCUT2D eigenvalue weighted by atomic mass is 79.9. The van der Waals surface area contributed by atoms with E-state index in [1.165, 1.54) is 0 Å². The summed E-state index contributed by atoms with van der Waals surface area (Å²) in [5.74, 6) is 5.95. The van der Waals surface area contributed by atoms with Crippen LogP contribution in [0.15, 0.2) is 33.7 Å². The Kier molecular flexibility index (Phi) is 3.25. The topological polar surface area (TPSA) is 50.4 Å². The van der Waals surface area contributed by atoms with Gasteiger partial charge in [-0.2, -0.15) is 0 Å². The normalized spacial score (nSPS) is 11.4. The zero-order chi connectivity index (χ0) is 8.97. The van der Waals surface area contributed by atoms with Crippen LogP contribution in [0.4, 0.5) is 0 Å². The van der Waals surface area contributed by atoms with Crippen molar-refractivity contribution in [1.82, 2.24) is 5.43 Å². The number of nitrogens with one attached hydrogen (secondary N) is 1. The van der Waals surface area contributed by atoms with Crippen LogP contribution in [-0.4, -0.2) is 12.9 Å². The molecule has 0 spiro atoms. The van der Waals surface area contributed by atoms with Crippen molar-refractivity contribution >= 4 is 21.8 Å². The van der Waals surface area contributed by atoms with Crippen molar-refractivity contribution in [2.75, 3.05) is 7.05 Å². The number of benzene rings is 1. The molecular weight excluding hydrogens is 218 g/mol. The van der Waals surface area contributed by atoms with Crippen LogP contribution in [-0.2, 0) is 0 Å². The summed E-state index contributed by atoms with van der Waals surface area (Å²) in [7, 11) is 1.69. The number of aliphatic imine (C=N–C) groups is 1. The molecular formula is C8H10BrN3. The van der Waals surface area contributed by atoms with Crippen LogP contribution >= 0.6 is 15.9 Å². The Morgan fingerprint density at radius 3 is 2.83 bits per heavy atom. The fourth-order valence-corrected chi connectivity index (χ4v) is 1.31. The van der Waals surface area contributed by atoms with Crippen LogP contribution < -0.4 is 11.3 Å². The van der Waals surface area contributed by atoms with Gasteiger partial charge in [0.15, 0.2) is 0 Å². The number of nitrogens with zero attached hydrogens (tertiary/aromatic N) is 1. The number of hydrogen-bond acceptors (Lipinski definition) is 2. The first-order valence-corrected chi connectivity index (χ1v) is 4.26. The van der Waals surface area contributed by atoms with Crippen molar-refractivity contribution in [2.45, 2.75) is 0 Å². The van der Waals surface area contributed by atoms with Gasteiger partial charge >= 0.3 is 0 Å². The van der Waals surface area contributed by atoms with Crippen LogP contribution in [0.2, 0.25) is 0 Å². The van der Waals surface area contributed by atoms with Gasteiger partial charge in [0.05, 0.1) is 0 Å². The van der Waals surface area contributed by atoms with Gasteiger partial charge in [0, 0.05) is 17.1 Å². The second kappa shape index (κ2) is 4.23. The molecule has 0 aliphatic carbocycles. The van der Waals surface area contributed by atoms with Crippen molar-refractivity contribution in [3.05, 3.63) is 34.3 Å². The summed E-state index contributed by atoms with van der Waals surface area (Å²) >= 11 is 3.37. The second-order valence-electron chi connectivity index (χ2n) is 2.23. The molecule has 0 heterocycles. The van der Waals surface area contributed by atoms with Crippen LogP contribution in [0.25, 0.3) is 0 Å². The molecule has 0 aromatic heterocycles. The van der Waals surface area contributed by atoms with Crippen molar-refractivity contribution in [3.8, 4) is 0 Å². The van der Waals surface area contributed by atoms with Crippen molar-refractivity contribution in [3.63, 3.8) is 0 Å². The SMILES string of the molecule is CN=C(NN)c1cccc(Br)c1. The lowest BCUT2D eigenvalue weighted by Gasteiger charge is -2.03. The number of hydrazine groups is 1. The van der Waals surface area contributed by atoms with Gasteiger partial charge in [0.1, 0.15) is 5.84 Å². The average Bonchev–Trinajstić information content (AvgIpc) is 2.07. The molecule has 0 aliphatic rings. The third-order valence-electron chi connectivity index (χ3n) is 1.46. The van der Waals surface area contributed by atoms with Crippen LogP contribution in [0.5, 0.6) is 0 Å². The zero-order valence-corrected chi connectivity index (χ0v) is 8.30. The van der Waals surface area contributed by atoms with Gasteiger partial charge in [-0.15, -0.1) is 0 Å². The Morgan fingerprint density at radius 1 is 1.58 bits per heavy atom. The first-order valence-electron chi connectivity index (χ1n) is 3.47. The number of halogens is 1. The molecule has 0 saturated heterocycles. The first kappa shape index (κ1) is 9.22. The van der Waals surface area contributed by atoms with Crippen LogP contribution in [0, 0.1) is 0 Å². The van der Waals surface area contributed by atoms with E-state index < -0.39 is 0 Å². The maximum Gasteiger partial charge on any atom is 0.142 e. The molecule has 1 rings (SSSR count). The first-order chi connectivity index (χ1) is 5.77. The lowest BCUT2D eigenvalue weighted by Crippen LogP contribution is -2.30. The minimum Gasteiger partial charge on any atom is -0.308 e. The Hall–Kier alpha value is -0.870. The summed E-state index contributed by atoms with van der Waals surface area (Å²) < 4.78 is 1.01. The standard InChI is InChI=1S/C8H10BrN3/c1-11-8(12-10)6-3-2-4-7(9)5-6/h2-5H,10H2,1H3,(H,11,12). The smallest absolute Gasteiger partial charge is 0.142 e. The van der Waals surface area contributed by atoms with Gasteiger partial charge in [-0.1, -0.05) is 28.1 Å². The highest BCUT2D eigenvalue weighted by Gasteiger charge is 1.99. The molecule has 64 valence electrons. The van der Waals surface area contributed by atoms with E-state index in [4.69, 9.17) is 5.84 Å². The van der Waals surface area contributed by atoms with Gasteiger partial charge in [0.2, 0.25) is 0 Å². The summed E-state index contributed by atoms with van der Waals surface area (Å²) in [5, 5.41) is 0. The Balaban J connectivity index is 3.02. The summed E-state index contributed by atoms with van der Waals surface area (Å²) in [5.41, 5.74) is 3.49. The molecule has 4 heteroatoms. The van der Waals surface area contributed by atoms with E-state index in [1.54, 1.807) is 7.05 Å². The predicted octanol–water partition coefficient (Wildman–Crippen LogP) is 1.29. The van der Waals surface area contributed by atoms with Gasteiger partial charge in [-0.3, -0.25) is 4.99 Å². The number of hydrogen-bond donors (Lipinski definition) is 2. The van der Waals surface area contributed by atoms with Crippen molar-refractivity contribution in [1.29, 1.82) is 0 Å². The van der Waals surface area contributed by atoms with Gasteiger partial charge in [-0.05, 0) is 12.1 Å². The zero-order valence-electron chi connectivity index (χ0n) is 6.71. The quantitative estimate of drug-likeness (QED) is 0.329. The molecule has 0 atom stereocenters. The highest BCUT2D eigenvalue weighted by molar-refractivity contribution is 9.10.